The van der Waals surface area contributed by atoms with E-state index in [1.54, 1.807) is 0 Å². The average Bonchev–Trinajstić information content (AvgIpc) is 2.83. The first kappa shape index (κ1) is 12.9. The fourth-order valence-electron chi connectivity index (χ4n) is 1.19. The molecule has 2 aromatic rings. The third-order valence-corrected chi connectivity index (χ3v) is 1.91. The zero-order valence-electron chi connectivity index (χ0n) is 9.18. The number of hydrogen-bond donors (Lipinski definition) is 0. The summed E-state index contributed by atoms with van der Waals surface area (Å²) in [4.78, 5) is 11.4. The molecule has 0 unspecified atom stereocenters. The molecule has 100 valence electrons. The number of ether oxygens (including phenoxy) is 2. The van der Waals surface area contributed by atoms with Gasteiger partial charge >= 0.3 is 12.3 Å². The molecule has 5 nitrogen and oxygen atoms in total. The van der Waals surface area contributed by atoms with Crippen molar-refractivity contribution in [3.05, 3.63) is 42.3 Å². The molecule has 0 saturated carbocycles. The molecule has 0 fully saturated rings. The first-order chi connectivity index (χ1) is 8.94. The Morgan fingerprint density at radius 2 is 1.74 bits per heavy atom. The summed E-state index contributed by atoms with van der Waals surface area (Å²) in [6.45, 7) is 0. The van der Waals surface area contributed by atoms with Crippen LogP contribution in [0.4, 0.5) is 13.2 Å². The van der Waals surface area contributed by atoms with Crippen molar-refractivity contribution in [3.8, 4) is 11.5 Å². The highest BCUT2D eigenvalue weighted by atomic mass is 19.4. The molecule has 0 aliphatic heterocycles. The van der Waals surface area contributed by atoms with E-state index in [0.29, 0.717) is 0 Å². The Kier molecular flexibility index (Phi) is 3.41. The number of hydrogen-bond acceptors (Lipinski definition) is 5. The van der Waals surface area contributed by atoms with E-state index < -0.39 is 18.1 Å². The van der Waals surface area contributed by atoms with E-state index in [-0.39, 0.29) is 11.4 Å². The summed E-state index contributed by atoms with van der Waals surface area (Å²) >= 11 is 0. The van der Waals surface area contributed by atoms with Crippen molar-refractivity contribution < 1.29 is 32.0 Å². The van der Waals surface area contributed by atoms with Crippen LogP contribution in [0.1, 0.15) is 10.5 Å². The Bertz CT molecular complexity index is 548. The highest BCUT2D eigenvalue weighted by molar-refractivity contribution is 5.88. The predicted molar refractivity (Wildman–Crippen MR) is 54.6 cm³/mol. The normalized spacial score (nSPS) is 11.1. The molecule has 8 heteroatoms. The Labute approximate surface area is 104 Å². The molecule has 0 N–H and O–H groups in total. The molecule has 1 aromatic heterocycles. The molecule has 1 aromatic carbocycles. The van der Waals surface area contributed by atoms with Crippen LogP contribution in [0.2, 0.25) is 0 Å². The maximum atomic E-state index is 11.9. The number of alkyl halides is 3. The summed E-state index contributed by atoms with van der Waals surface area (Å²) in [6, 6.07) is 5.68. The Hall–Kier alpha value is -2.51. The number of carbonyl (C=O) groups excluding carboxylic acids is 1. The van der Waals surface area contributed by atoms with Gasteiger partial charge in [0.2, 0.25) is 0 Å². The van der Waals surface area contributed by atoms with Crippen LogP contribution >= 0.6 is 0 Å². The van der Waals surface area contributed by atoms with E-state index in [9.17, 15) is 18.0 Å². The maximum absolute atomic E-state index is 11.9. The summed E-state index contributed by atoms with van der Waals surface area (Å²) < 4.78 is 48.7. The van der Waals surface area contributed by atoms with Crippen molar-refractivity contribution >= 4 is 5.97 Å². The fourth-order valence-corrected chi connectivity index (χ4v) is 1.19. The molecule has 0 saturated heterocycles. The zero-order valence-corrected chi connectivity index (χ0v) is 9.18. The van der Waals surface area contributed by atoms with Gasteiger partial charge in [0, 0.05) is 6.07 Å². The van der Waals surface area contributed by atoms with Gasteiger partial charge in [0.25, 0.3) is 0 Å². The van der Waals surface area contributed by atoms with E-state index in [0.717, 1.165) is 12.1 Å². The van der Waals surface area contributed by atoms with Gasteiger partial charge in [0.1, 0.15) is 17.8 Å². The monoisotopic (exact) mass is 273 g/mol. The van der Waals surface area contributed by atoms with Gasteiger partial charge in [-0.2, -0.15) is 0 Å². The van der Waals surface area contributed by atoms with Gasteiger partial charge in [-0.15, -0.1) is 13.2 Å². The van der Waals surface area contributed by atoms with Gasteiger partial charge in [0.15, 0.2) is 5.69 Å². The van der Waals surface area contributed by atoms with Gasteiger partial charge in [0.05, 0.1) is 0 Å². The lowest BCUT2D eigenvalue weighted by Crippen LogP contribution is -2.17. The minimum atomic E-state index is -4.76. The molecule has 0 bridgehead atoms. The highest BCUT2D eigenvalue weighted by Gasteiger charge is 2.31. The molecule has 2 rings (SSSR count). The van der Waals surface area contributed by atoms with Crippen molar-refractivity contribution in [1.82, 2.24) is 5.16 Å². The Morgan fingerprint density at radius 1 is 1.11 bits per heavy atom. The van der Waals surface area contributed by atoms with Crippen LogP contribution in [0.25, 0.3) is 0 Å². The second-order valence-electron chi connectivity index (χ2n) is 3.29. The van der Waals surface area contributed by atoms with Gasteiger partial charge in [-0.05, 0) is 24.3 Å². The van der Waals surface area contributed by atoms with Crippen LogP contribution in [0.15, 0.2) is 41.1 Å². The van der Waals surface area contributed by atoms with Gasteiger partial charge in [-0.1, -0.05) is 5.16 Å². The lowest BCUT2D eigenvalue weighted by atomic mass is 10.3. The van der Waals surface area contributed by atoms with Crippen molar-refractivity contribution in [2.45, 2.75) is 6.36 Å². The van der Waals surface area contributed by atoms with Crippen LogP contribution in [0, 0.1) is 0 Å². The smallest absolute Gasteiger partial charge is 0.422 e. The maximum Gasteiger partial charge on any atom is 0.573 e. The first-order valence-electron chi connectivity index (χ1n) is 4.92. The quantitative estimate of drug-likeness (QED) is 0.635. The molecule has 0 atom stereocenters. The van der Waals surface area contributed by atoms with E-state index >= 15 is 0 Å². The number of carbonyl (C=O) groups is 1. The Balaban J connectivity index is 2.01. The summed E-state index contributed by atoms with van der Waals surface area (Å²) in [7, 11) is 0. The van der Waals surface area contributed by atoms with Crippen LogP contribution < -0.4 is 9.47 Å². The number of esters is 1. The second kappa shape index (κ2) is 5.01. The Morgan fingerprint density at radius 3 is 2.26 bits per heavy atom. The second-order valence-corrected chi connectivity index (χ2v) is 3.29. The molecule has 0 aliphatic rings. The summed E-state index contributed by atoms with van der Waals surface area (Å²) in [6.07, 6.45) is -3.57. The van der Waals surface area contributed by atoms with Crippen LogP contribution in [-0.2, 0) is 0 Å². The first-order valence-corrected chi connectivity index (χ1v) is 4.92. The average molecular weight is 273 g/mol. The van der Waals surface area contributed by atoms with Crippen molar-refractivity contribution in [1.29, 1.82) is 0 Å². The molecule has 1 heterocycles. The van der Waals surface area contributed by atoms with Crippen LogP contribution in [0.3, 0.4) is 0 Å². The summed E-state index contributed by atoms with van der Waals surface area (Å²) in [5, 5.41) is 3.36. The van der Waals surface area contributed by atoms with Gasteiger partial charge < -0.3 is 14.0 Å². The molecule has 0 radical (unpaired) electrons. The molecule has 0 amide bonds. The van der Waals surface area contributed by atoms with E-state index in [1.807, 2.05) is 0 Å². The third-order valence-electron chi connectivity index (χ3n) is 1.91. The molecular weight excluding hydrogens is 267 g/mol. The number of rotatable bonds is 3. The minimum absolute atomic E-state index is 0.0457. The number of nitrogens with zero attached hydrogens (tertiary/aromatic N) is 1. The molecule has 0 aliphatic carbocycles. The SMILES string of the molecule is O=C(Oc1ccc(OC(F)(F)F)cc1)c1ccon1. The summed E-state index contributed by atoms with van der Waals surface area (Å²) in [5.41, 5.74) is -0.0457. The molecule has 19 heavy (non-hydrogen) atoms. The van der Waals surface area contributed by atoms with Crippen molar-refractivity contribution in [3.63, 3.8) is 0 Å². The van der Waals surface area contributed by atoms with Crippen LogP contribution in [0.5, 0.6) is 11.5 Å². The van der Waals surface area contributed by atoms with Gasteiger partial charge in [-0.25, -0.2) is 4.79 Å². The van der Waals surface area contributed by atoms with E-state index in [2.05, 4.69) is 14.4 Å². The third kappa shape index (κ3) is 3.73. The zero-order chi connectivity index (χ0) is 13.9. The summed E-state index contributed by atoms with van der Waals surface area (Å²) in [5.74, 6) is -1.13. The fraction of sp³-hybridized carbons (Fsp3) is 0.0909. The molecular formula is C11H6F3NO4. The number of aromatic nitrogens is 1. The lowest BCUT2D eigenvalue weighted by molar-refractivity contribution is -0.274. The number of benzene rings is 1. The highest BCUT2D eigenvalue weighted by Crippen LogP contribution is 2.24. The predicted octanol–water partition coefficient (Wildman–Crippen LogP) is 2.79. The minimum Gasteiger partial charge on any atom is -0.422 e. The van der Waals surface area contributed by atoms with E-state index in [4.69, 9.17) is 4.74 Å². The van der Waals surface area contributed by atoms with Crippen molar-refractivity contribution in [2.75, 3.05) is 0 Å². The largest absolute Gasteiger partial charge is 0.573 e. The number of halogens is 3. The standard InChI is InChI=1S/C11H6F3NO4/c12-11(13,14)19-8-3-1-7(2-4-8)18-10(16)9-5-6-17-15-9/h1-6H. The molecule has 0 spiro atoms. The topological polar surface area (TPSA) is 61.6 Å². The van der Waals surface area contributed by atoms with Crippen molar-refractivity contribution in [2.24, 2.45) is 0 Å². The van der Waals surface area contributed by atoms with E-state index in [1.165, 1.54) is 24.5 Å². The lowest BCUT2D eigenvalue weighted by Gasteiger charge is -2.09. The van der Waals surface area contributed by atoms with Gasteiger partial charge in [-0.3, -0.25) is 0 Å². The van der Waals surface area contributed by atoms with Crippen LogP contribution in [-0.4, -0.2) is 17.5 Å².